The Bertz CT molecular complexity index is 199. The topological polar surface area (TPSA) is 15.3 Å². The van der Waals surface area contributed by atoms with E-state index in [2.05, 4.69) is 50.8 Å². The van der Waals surface area contributed by atoms with Crippen LogP contribution in [0.3, 0.4) is 0 Å². The first kappa shape index (κ1) is 14.5. The lowest BCUT2D eigenvalue weighted by molar-refractivity contribution is 0.0937. The van der Waals surface area contributed by atoms with E-state index >= 15 is 0 Å². The van der Waals surface area contributed by atoms with Crippen LogP contribution in [0.4, 0.5) is 0 Å². The van der Waals surface area contributed by atoms with Gasteiger partial charge in [-0.3, -0.25) is 4.90 Å². The summed E-state index contributed by atoms with van der Waals surface area (Å²) in [5.74, 6) is 2.77. The van der Waals surface area contributed by atoms with Gasteiger partial charge in [0.1, 0.15) is 0 Å². The van der Waals surface area contributed by atoms with E-state index in [1.807, 2.05) is 0 Å². The molecule has 0 aliphatic heterocycles. The van der Waals surface area contributed by atoms with Crippen LogP contribution in [0.25, 0.3) is 0 Å². The number of hydrogen-bond donors (Lipinski definition) is 1. The summed E-state index contributed by atoms with van der Waals surface area (Å²) in [7, 11) is 0. The predicted molar refractivity (Wildman–Crippen MR) is 67.9 cm³/mol. The van der Waals surface area contributed by atoms with Crippen LogP contribution in [-0.4, -0.2) is 36.1 Å². The summed E-state index contributed by atoms with van der Waals surface area (Å²) >= 11 is 0. The fraction of sp³-hybridized carbons (Fsp3) is 0.846. The summed E-state index contributed by atoms with van der Waals surface area (Å²) in [5, 5.41) is 3.49. The zero-order valence-electron chi connectivity index (χ0n) is 10.9. The first-order valence-corrected chi connectivity index (χ1v) is 5.96. The third-order valence-electron chi connectivity index (χ3n) is 3.20. The van der Waals surface area contributed by atoms with Crippen molar-refractivity contribution < 1.29 is 0 Å². The largest absolute Gasteiger partial charge is 0.312 e. The molecule has 0 heterocycles. The number of nitrogens with zero attached hydrogens (tertiary/aromatic N) is 1. The van der Waals surface area contributed by atoms with Gasteiger partial charge in [0.05, 0.1) is 0 Å². The number of rotatable bonds is 7. The van der Waals surface area contributed by atoms with E-state index < -0.39 is 0 Å². The Morgan fingerprint density at radius 1 is 1.27 bits per heavy atom. The Balaban J connectivity index is 4.67. The van der Waals surface area contributed by atoms with Crippen LogP contribution in [-0.2, 0) is 0 Å². The van der Waals surface area contributed by atoms with E-state index in [9.17, 15) is 0 Å². The molecule has 0 radical (unpaired) electrons. The maximum atomic E-state index is 5.43. The lowest BCUT2D eigenvalue weighted by Gasteiger charge is -2.43. The van der Waals surface area contributed by atoms with Gasteiger partial charge in [-0.25, -0.2) is 0 Å². The second kappa shape index (κ2) is 6.87. The maximum absolute atomic E-state index is 5.43. The van der Waals surface area contributed by atoms with Crippen molar-refractivity contribution in [3.05, 3.63) is 0 Å². The molecule has 0 rings (SSSR count). The van der Waals surface area contributed by atoms with E-state index in [1.54, 1.807) is 0 Å². The van der Waals surface area contributed by atoms with E-state index in [-0.39, 0.29) is 5.54 Å². The zero-order chi connectivity index (χ0) is 11.9. The lowest BCUT2D eigenvalue weighted by Crippen LogP contribution is -2.57. The lowest BCUT2D eigenvalue weighted by atomic mass is 9.90. The van der Waals surface area contributed by atoms with Crippen molar-refractivity contribution in [3.63, 3.8) is 0 Å². The Labute approximate surface area is 95.4 Å². The van der Waals surface area contributed by atoms with Crippen LogP contribution < -0.4 is 5.32 Å². The molecule has 2 nitrogen and oxygen atoms in total. The normalized spacial score (nSPS) is 13.9. The average molecular weight is 210 g/mol. The van der Waals surface area contributed by atoms with Crippen molar-refractivity contribution in [3.8, 4) is 12.3 Å². The first-order valence-electron chi connectivity index (χ1n) is 5.96. The second-order valence-electron chi connectivity index (χ2n) is 4.34. The summed E-state index contributed by atoms with van der Waals surface area (Å²) in [6.45, 7) is 14.2. The van der Waals surface area contributed by atoms with Crippen LogP contribution in [0.1, 0.15) is 41.0 Å². The minimum Gasteiger partial charge on any atom is -0.312 e. The maximum Gasteiger partial charge on any atom is 0.0356 e. The minimum absolute atomic E-state index is 0.117. The van der Waals surface area contributed by atoms with E-state index in [0.717, 1.165) is 26.1 Å². The zero-order valence-corrected chi connectivity index (χ0v) is 10.9. The van der Waals surface area contributed by atoms with Crippen LogP contribution >= 0.6 is 0 Å². The molecule has 1 atom stereocenters. The van der Waals surface area contributed by atoms with Gasteiger partial charge in [0.25, 0.3) is 0 Å². The van der Waals surface area contributed by atoms with Crippen LogP contribution in [0.5, 0.6) is 0 Å². The standard InChI is InChI=1S/C13H26N2/c1-7-11-12(14-8-2)13(5,6)15(9-3)10-4/h1,12,14H,8-11H2,2-6H3. The van der Waals surface area contributed by atoms with Crippen LogP contribution in [0.15, 0.2) is 0 Å². The molecule has 0 spiro atoms. The SMILES string of the molecule is C#CCC(NCC)C(C)(C)N(CC)CC. The molecule has 0 aromatic carbocycles. The number of terminal acetylenes is 1. The number of likely N-dealkylation sites (N-methyl/N-ethyl adjacent to an activating group) is 2. The van der Waals surface area contributed by atoms with Crippen molar-refractivity contribution in [2.75, 3.05) is 19.6 Å². The van der Waals surface area contributed by atoms with Gasteiger partial charge in [-0.1, -0.05) is 20.8 Å². The monoisotopic (exact) mass is 210 g/mol. The molecular weight excluding hydrogens is 184 g/mol. The van der Waals surface area contributed by atoms with Gasteiger partial charge in [0.2, 0.25) is 0 Å². The summed E-state index contributed by atoms with van der Waals surface area (Å²) in [4.78, 5) is 2.46. The highest BCUT2D eigenvalue weighted by Gasteiger charge is 2.32. The molecule has 2 heteroatoms. The highest BCUT2D eigenvalue weighted by Crippen LogP contribution is 2.20. The molecule has 0 saturated heterocycles. The van der Waals surface area contributed by atoms with Crippen molar-refractivity contribution >= 4 is 0 Å². The Hall–Kier alpha value is -0.520. The molecule has 0 bridgehead atoms. The van der Waals surface area contributed by atoms with Gasteiger partial charge in [0.15, 0.2) is 0 Å². The van der Waals surface area contributed by atoms with Gasteiger partial charge in [-0.05, 0) is 33.5 Å². The van der Waals surface area contributed by atoms with Crippen molar-refractivity contribution in [1.29, 1.82) is 0 Å². The van der Waals surface area contributed by atoms with E-state index in [0.29, 0.717) is 6.04 Å². The molecule has 88 valence electrons. The molecule has 0 amide bonds. The molecule has 0 aromatic heterocycles. The molecule has 0 fully saturated rings. The molecule has 1 N–H and O–H groups in total. The average Bonchev–Trinajstić information content (AvgIpc) is 2.19. The highest BCUT2D eigenvalue weighted by atomic mass is 15.2. The summed E-state index contributed by atoms with van der Waals surface area (Å²) in [6.07, 6.45) is 6.22. The van der Waals surface area contributed by atoms with Gasteiger partial charge in [0, 0.05) is 18.0 Å². The Kier molecular flexibility index (Phi) is 6.63. The van der Waals surface area contributed by atoms with E-state index in [1.165, 1.54) is 0 Å². The predicted octanol–water partition coefficient (Wildman–Crippen LogP) is 2.11. The van der Waals surface area contributed by atoms with Crippen molar-refractivity contribution in [2.45, 2.75) is 52.6 Å². The second-order valence-corrected chi connectivity index (χ2v) is 4.34. The summed E-state index contributed by atoms with van der Waals surface area (Å²) in [5.41, 5.74) is 0.117. The third-order valence-corrected chi connectivity index (χ3v) is 3.20. The van der Waals surface area contributed by atoms with Gasteiger partial charge < -0.3 is 5.32 Å². The molecule has 15 heavy (non-hydrogen) atoms. The summed E-state index contributed by atoms with van der Waals surface area (Å²) in [6, 6.07) is 0.368. The molecule has 0 aromatic rings. The first-order chi connectivity index (χ1) is 7.04. The van der Waals surface area contributed by atoms with Gasteiger partial charge in [-0.2, -0.15) is 0 Å². The number of nitrogens with one attached hydrogen (secondary N) is 1. The van der Waals surface area contributed by atoms with Crippen molar-refractivity contribution in [1.82, 2.24) is 10.2 Å². The van der Waals surface area contributed by atoms with Crippen LogP contribution in [0.2, 0.25) is 0 Å². The quantitative estimate of drug-likeness (QED) is 0.647. The summed E-state index contributed by atoms with van der Waals surface area (Å²) < 4.78 is 0. The minimum atomic E-state index is 0.117. The Morgan fingerprint density at radius 2 is 1.80 bits per heavy atom. The fourth-order valence-electron chi connectivity index (χ4n) is 2.19. The highest BCUT2D eigenvalue weighted by molar-refractivity contribution is 5.00. The molecule has 1 unspecified atom stereocenters. The number of hydrogen-bond acceptors (Lipinski definition) is 2. The smallest absolute Gasteiger partial charge is 0.0356 e. The van der Waals surface area contributed by atoms with E-state index in [4.69, 9.17) is 6.42 Å². The Morgan fingerprint density at radius 3 is 2.13 bits per heavy atom. The fourth-order valence-corrected chi connectivity index (χ4v) is 2.19. The van der Waals surface area contributed by atoms with Gasteiger partial charge in [-0.15, -0.1) is 12.3 Å². The molecule has 0 saturated carbocycles. The molecule has 0 aliphatic carbocycles. The van der Waals surface area contributed by atoms with Crippen LogP contribution in [0, 0.1) is 12.3 Å². The van der Waals surface area contributed by atoms with Crippen molar-refractivity contribution in [2.24, 2.45) is 0 Å². The third kappa shape index (κ3) is 3.85. The molecule has 0 aliphatic rings. The van der Waals surface area contributed by atoms with Gasteiger partial charge >= 0.3 is 0 Å². The molecular formula is C13H26N2.